The molecule has 25 heavy (non-hydrogen) atoms. The molecule has 0 spiro atoms. The highest BCUT2D eigenvalue weighted by atomic mass is 15.1. The number of fused-ring (bicyclic) bond motifs is 3. The molecule has 5 rings (SSSR count). The number of aromatic nitrogens is 5. The van der Waals surface area contributed by atoms with E-state index in [1.807, 2.05) is 19.3 Å². The van der Waals surface area contributed by atoms with Gasteiger partial charge < -0.3 is 0 Å². The zero-order chi connectivity index (χ0) is 16.8. The lowest BCUT2D eigenvalue weighted by Crippen LogP contribution is -2.06. The minimum atomic E-state index is 0.603. The Morgan fingerprint density at radius 3 is 2.64 bits per heavy atom. The van der Waals surface area contributed by atoms with Gasteiger partial charge in [0.2, 0.25) is 0 Å². The van der Waals surface area contributed by atoms with Crippen LogP contribution in [-0.2, 0) is 0 Å². The molecule has 1 aromatic carbocycles. The molecule has 126 valence electrons. The first kappa shape index (κ1) is 14.6. The summed E-state index contributed by atoms with van der Waals surface area (Å²) in [5, 5.41) is 17.0. The third-order valence-corrected chi connectivity index (χ3v) is 5.57. The van der Waals surface area contributed by atoms with E-state index in [0.29, 0.717) is 5.92 Å². The molecule has 1 aliphatic carbocycles. The van der Waals surface area contributed by atoms with Gasteiger partial charge in [0.15, 0.2) is 0 Å². The van der Waals surface area contributed by atoms with Crippen LogP contribution in [0.5, 0.6) is 0 Å². The molecule has 3 aromatic heterocycles. The van der Waals surface area contributed by atoms with E-state index in [4.69, 9.17) is 4.98 Å². The Hall–Kier alpha value is -2.69. The van der Waals surface area contributed by atoms with Gasteiger partial charge in [-0.2, -0.15) is 10.2 Å². The number of H-pyrrole nitrogens is 2. The van der Waals surface area contributed by atoms with Gasteiger partial charge in [0.25, 0.3) is 0 Å². The van der Waals surface area contributed by atoms with Crippen LogP contribution in [0.1, 0.15) is 49.3 Å². The summed E-state index contributed by atoms with van der Waals surface area (Å²) >= 11 is 0. The molecule has 0 amide bonds. The fourth-order valence-corrected chi connectivity index (χ4v) is 4.27. The fraction of sp³-hybridized carbons (Fsp3) is 0.350. The average molecular weight is 331 g/mol. The SMILES string of the molecule is Cc1[nH]ncc1-c1cc(C2CCCCC2)c2c(ccc3[nH]ncc32)n1. The Morgan fingerprint density at radius 1 is 1.00 bits per heavy atom. The molecule has 1 saturated carbocycles. The summed E-state index contributed by atoms with van der Waals surface area (Å²) in [6, 6.07) is 6.48. The fourth-order valence-electron chi connectivity index (χ4n) is 4.27. The maximum atomic E-state index is 4.96. The van der Waals surface area contributed by atoms with Crippen molar-refractivity contribution < 1.29 is 0 Å². The van der Waals surface area contributed by atoms with Gasteiger partial charge in [0.05, 0.1) is 29.1 Å². The molecule has 2 N–H and O–H groups in total. The number of rotatable bonds is 2. The predicted molar refractivity (Wildman–Crippen MR) is 99.5 cm³/mol. The largest absolute Gasteiger partial charge is 0.282 e. The van der Waals surface area contributed by atoms with Crippen molar-refractivity contribution in [3.63, 3.8) is 0 Å². The van der Waals surface area contributed by atoms with Crippen molar-refractivity contribution in [3.05, 3.63) is 41.9 Å². The Bertz CT molecular complexity index is 1050. The molecule has 0 atom stereocenters. The second-order valence-electron chi connectivity index (χ2n) is 7.13. The van der Waals surface area contributed by atoms with Gasteiger partial charge in [-0.15, -0.1) is 0 Å². The molecule has 5 nitrogen and oxygen atoms in total. The van der Waals surface area contributed by atoms with Crippen LogP contribution in [0.2, 0.25) is 0 Å². The van der Waals surface area contributed by atoms with Gasteiger partial charge in [0, 0.05) is 22.0 Å². The lowest BCUT2D eigenvalue weighted by Gasteiger charge is -2.24. The zero-order valence-electron chi connectivity index (χ0n) is 14.3. The van der Waals surface area contributed by atoms with Gasteiger partial charge in [-0.25, -0.2) is 4.98 Å². The lowest BCUT2D eigenvalue weighted by atomic mass is 9.81. The van der Waals surface area contributed by atoms with E-state index in [0.717, 1.165) is 28.0 Å². The molecule has 0 aliphatic heterocycles. The highest BCUT2D eigenvalue weighted by Crippen LogP contribution is 2.40. The highest BCUT2D eigenvalue weighted by molar-refractivity contribution is 6.07. The van der Waals surface area contributed by atoms with Crippen LogP contribution in [0.3, 0.4) is 0 Å². The third kappa shape index (κ3) is 2.34. The molecule has 1 aliphatic rings. The van der Waals surface area contributed by atoms with E-state index in [1.54, 1.807) is 0 Å². The number of benzene rings is 1. The number of hydrogen-bond donors (Lipinski definition) is 2. The molecule has 5 heteroatoms. The first-order valence-electron chi connectivity index (χ1n) is 9.08. The first-order chi connectivity index (χ1) is 12.3. The van der Waals surface area contributed by atoms with Crippen LogP contribution in [0.4, 0.5) is 0 Å². The topological polar surface area (TPSA) is 70.2 Å². The Labute approximate surface area is 145 Å². The van der Waals surface area contributed by atoms with Crippen molar-refractivity contribution in [3.8, 4) is 11.3 Å². The van der Waals surface area contributed by atoms with Crippen molar-refractivity contribution in [2.75, 3.05) is 0 Å². The van der Waals surface area contributed by atoms with Gasteiger partial charge in [-0.3, -0.25) is 10.2 Å². The molecule has 0 unspecified atom stereocenters. The molecule has 0 bridgehead atoms. The monoisotopic (exact) mass is 331 g/mol. The normalized spacial score (nSPS) is 16.0. The maximum Gasteiger partial charge on any atom is 0.0746 e. The standard InChI is InChI=1S/C20H21N5/c1-12-15(10-21-24-12)19-9-14(13-5-3-2-4-6-13)20-16-11-22-25-17(16)7-8-18(20)23-19/h7-11,13H,2-6H2,1H3,(H,21,24)(H,22,25). The molecule has 4 aromatic rings. The Balaban J connectivity index is 1.82. The van der Waals surface area contributed by atoms with Crippen molar-refractivity contribution in [1.29, 1.82) is 0 Å². The van der Waals surface area contributed by atoms with Crippen molar-refractivity contribution in [2.45, 2.75) is 44.9 Å². The summed E-state index contributed by atoms with van der Waals surface area (Å²) in [6.07, 6.45) is 10.3. The maximum absolute atomic E-state index is 4.96. The number of nitrogens with zero attached hydrogens (tertiary/aromatic N) is 3. The van der Waals surface area contributed by atoms with Gasteiger partial charge in [0.1, 0.15) is 0 Å². The smallest absolute Gasteiger partial charge is 0.0746 e. The first-order valence-corrected chi connectivity index (χ1v) is 9.08. The van der Waals surface area contributed by atoms with Gasteiger partial charge in [-0.1, -0.05) is 19.3 Å². The van der Waals surface area contributed by atoms with Crippen LogP contribution in [0.15, 0.2) is 30.6 Å². The van der Waals surface area contributed by atoms with E-state index in [2.05, 4.69) is 38.6 Å². The van der Waals surface area contributed by atoms with E-state index >= 15 is 0 Å². The van der Waals surface area contributed by atoms with Gasteiger partial charge in [-0.05, 0) is 49.4 Å². The molecular weight excluding hydrogens is 310 g/mol. The van der Waals surface area contributed by atoms with Crippen LogP contribution in [0.25, 0.3) is 33.1 Å². The van der Waals surface area contributed by atoms with E-state index in [-0.39, 0.29) is 0 Å². The van der Waals surface area contributed by atoms with Crippen LogP contribution in [-0.4, -0.2) is 25.4 Å². The summed E-state index contributed by atoms with van der Waals surface area (Å²) < 4.78 is 0. The lowest BCUT2D eigenvalue weighted by molar-refractivity contribution is 0.445. The zero-order valence-corrected chi connectivity index (χ0v) is 14.3. The summed E-state index contributed by atoms with van der Waals surface area (Å²) in [5.74, 6) is 0.603. The summed E-state index contributed by atoms with van der Waals surface area (Å²) in [6.45, 7) is 2.05. The summed E-state index contributed by atoms with van der Waals surface area (Å²) in [7, 11) is 0. The average Bonchev–Trinajstić information content (AvgIpc) is 3.30. The van der Waals surface area contributed by atoms with E-state index in [1.165, 1.54) is 48.4 Å². The summed E-state index contributed by atoms with van der Waals surface area (Å²) in [5.41, 5.74) is 6.72. The third-order valence-electron chi connectivity index (χ3n) is 5.57. The number of hydrogen-bond acceptors (Lipinski definition) is 3. The predicted octanol–water partition coefficient (Wildman–Crippen LogP) is 4.86. The quantitative estimate of drug-likeness (QED) is 0.551. The molecule has 0 saturated heterocycles. The molecule has 3 heterocycles. The van der Waals surface area contributed by atoms with E-state index < -0.39 is 0 Å². The molecule has 0 radical (unpaired) electrons. The van der Waals surface area contributed by atoms with Crippen LogP contribution >= 0.6 is 0 Å². The van der Waals surface area contributed by atoms with Crippen molar-refractivity contribution >= 4 is 21.8 Å². The number of nitrogens with one attached hydrogen (secondary N) is 2. The summed E-state index contributed by atoms with van der Waals surface area (Å²) in [4.78, 5) is 4.96. The minimum Gasteiger partial charge on any atom is -0.282 e. The number of aryl methyl sites for hydroxylation is 1. The Kier molecular flexibility index (Phi) is 3.33. The minimum absolute atomic E-state index is 0.603. The number of pyridine rings is 1. The highest BCUT2D eigenvalue weighted by Gasteiger charge is 2.21. The van der Waals surface area contributed by atoms with Crippen LogP contribution < -0.4 is 0 Å². The molecular formula is C20H21N5. The van der Waals surface area contributed by atoms with Crippen molar-refractivity contribution in [2.24, 2.45) is 0 Å². The van der Waals surface area contributed by atoms with E-state index in [9.17, 15) is 0 Å². The number of aromatic amines is 2. The second kappa shape index (κ2) is 5.69. The Morgan fingerprint density at radius 2 is 1.84 bits per heavy atom. The van der Waals surface area contributed by atoms with Gasteiger partial charge >= 0.3 is 0 Å². The second-order valence-corrected chi connectivity index (χ2v) is 7.13. The van der Waals surface area contributed by atoms with Crippen molar-refractivity contribution in [1.82, 2.24) is 25.4 Å². The van der Waals surface area contributed by atoms with Crippen LogP contribution in [0, 0.1) is 6.92 Å². The molecule has 1 fully saturated rings.